The predicted molar refractivity (Wildman–Crippen MR) is 75.4 cm³/mol. The molecule has 0 spiro atoms. The molecular formula is C14H18ClN3O. The third-order valence-corrected chi connectivity index (χ3v) is 2.98. The van der Waals surface area contributed by atoms with E-state index in [-0.39, 0.29) is 0 Å². The van der Waals surface area contributed by atoms with Crippen LogP contribution in [0.25, 0.3) is 0 Å². The van der Waals surface area contributed by atoms with E-state index >= 15 is 0 Å². The van der Waals surface area contributed by atoms with Gasteiger partial charge in [0.05, 0.1) is 0 Å². The lowest BCUT2D eigenvalue weighted by molar-refractivity contribution is 0.281. The Morgan fingerprint density at radius 1 is 1.37 bits per heavy atom. The van der Waals surface area contributed by atoms with Crippen LogP contribution in [-0.4, -0.2) is 14.8 Å². The Balaban J connectivity index is 2.06. The maximum Gasteiger partial charge on any atom is 0.164 e. The van der Waals surface area contributed by atoms with Gasteiger partial charge in [0.2, 0.25) is 0 Å². The van der Waals surface area contributed by atoms with Gasteiger partial charge in [-0.3, -0.25) is 0 Å². The van der Waals surface area contributed by atoms with Crippen LogP contribution in [0, 0.1) is 12.8 Å². The summed E-state index contributed by atoms with van der Waals surface area (Å²) >= 11 is 5.96. The van der Waals surface area contributed by atoms with Crippen molar-refractivity contribution in [1.29, 1.82) is 0 Å². The largest absolute Gasteiger partial charge is 0.485 e. The molecule has 102 valence electrons. The molecule has 19 heavy (non-hydrogen) atoms. The molecule has 5 heteroatoms. The van der Waals surface area contributed by atoms with Gasteiger partial charge in [-0.1, -0.05) is 31.5 Å². The van der Waals surface area contributed by atoms with Crippen molar-refractivity contribution in [1.82, 2.24) is 14.8 Å². The van der Waals surface area contributed by atoms with E-state index in [1.807, 2.05) is 29.8 Å². The van der Waals surface area contributed by atoms with Crippen molar-refractivity contribution in [3.05, 3.63) is 40.9 Å². The fourth-order valence-corrected chi connectivity index (χ4v) is 1.93. The second-order valence-electron chi connectivity index (χ2n) is 4.95. The minimum atomic E-state index is 0.397. The van der Waals surface area contributed by atoms with Crippen LogP contribution in [0.2, 0.25) is 5.02 Å². The third-order valence-electron chi connectivity index (χ3n) is 2.74. The first-order valence-corrected chi connectivity index (χ1v) is 6.69. The Labute approximate surface area is 118 Å². The van der Waals surface area contributed by atoms with Crippen molar-refractivity contribution in [3.8, 4) is 5.75 Å². The molecule has 0 aliphatic heterocycles. The van der Waals surface area contributed by atoms with Gasteiger partial charge in [0.25, 0.3) is 0 Å². The molecule has 0 N–H and O–H groups in total. The topological polar surface area (TPSA) is 39.9 Å². The van der Waals surface area contributed by atoms with Crippen molar-refractivity contribution in [2.45, 2.75) is 33.9 Å². The minimum Gasteiger partial charge on any atom is -0.485 e. The second-order valence-corrected chi connectivity index (χ2v) is 5.39. The number of rotatable bonds is 5. The maximum absolute atomic E-state index is 5.96. The Kier molecular flexibility index (Phi) is 4.43. The van der Waals surface area contributed by atoms with E-state index < -0.39 is 0 Å². The molecule has 0 radical (unpaired) electrons. The highest BCUT2D eigenvalue weighted by molar-refractivity contribution is 6.30. The predicted octanol–water partition coefficient (Wildman–Crippen LogP) is 3.47. The standard InChI is InChI=1S/C14H18ClN3O/c1-10(2)7-18-14(16-9-17-18)8-19-13-6-12(15)5-4-11(13)3/h4-6,9-10H,7-8H2,1-3H3. The van der Waals surface area contributed by atoms with Gasteiger partial charge in [-0.05, 0) is 30.5 Å². The molecule has 1 heterocycles. The normalized spacial score (nSPS) is 11.0. The Morgan fingerprint density at radius 3 is 2.89 bits per heavy atom. The number of aryl methyl sites for hydroxylation is 1. The molecule has 0 saturated carbocycles. The third kappa shape index (κ3) is 3.70. The monoisotopic (exact) mass is 279 g/mol. The lowest BCUT2D eigenvalue weighted by atomic mass is 10.2. The van der Waals surface area contributed by atoms with Gasteiger partial charge in [0.1, 0.15) is 18.7 Å². The second kappa shape index (κ2) is 6.06. The van der Waals surface area contributed by atoms with Crippen LogP contribution in [-0.2, 0) is 13.2 Å². The van der Waals surface area contributed by atoms with Crippen LogP contribution in [0.3, 0.4) is 0 Å². The number of halogens is 1. The highest BCUT2D eigenvalue weighted by Gasteiger charge is 2.08. The Hall–Kier alpha value is -1.55. The summed E-state index contributed by atoms with van der Waals surface area (Å²) < 4.78 is 7.66. The molecule has 0 aliphatic carbocycles. The van der Waals surface area contributed by atoms with Crippen LogP contribution in [0.15, 0.2) is 24.5 Å². The van der Waals surface area contributed by atoms with Crippen molar-refractivity contribution in [2.75, 3.05) is 0 Å². The molecule has 0 amide bonds. The van der Waals surface area contributed by atoms with Gasteiger partial charge in [0.15, 0.2) is 5.82 Å². The van der Waals surface area contributed by atoms with E-state index in [2.05, 4.69) is 23.9 Å². The summed E-state index contributed by atoms with van der Waals surface area (Å²) in [5.74, 6) is 2.13. The average molecular weight is 280 g/mol. The van der Waals surface area contributed by atoms with Gasteiger partial charge in [-0.25, -0.2) is 9.67 Å². The zero-order valence-corrected chi connectivity index (χ0v) is 12.2. The number of nitrogens with zero attached hydrogens (tertiary/aromatic N) is 3. The van der Waals surface area contributed by atoms with E-state index in [1.165, 1.54) is 0 Å². The molecule has 0 bridgehead atoms. The van der Waals surface area contributed by atoms with Crippen LogP contribution < -0.4 is 4.74 Å². The van der Waals surface area contributed by atoms with E-state index in [4.69, 9.17) is 16.3 Å². The van der Waals surface area contributed by atoms with Crippen molar-refractivity contribution in [2.24, 2.45) is 5.92 Å². The smallest absolute Gasteiger partial charge is 0.164 e. The first-order chi connectivity index (χ1) is 9.06. The van der Waals surface area contributed by atoms with Crippen LogP contribution >= 0.6 is 11.6 Å². The van der Waals surface area contributed by atoms with Crippen LogP contribution in [0.4, 0.5) is 0 Å². The van der Waals surface area contributed by atoms with E-state index in [0.717, 1.165) is 23.7 Å². The van der Waals surface area contributed by atoms with Gasteiger partial charge in [-0.2, -0.15) is 5.10 Å². The molecule has 2 aromatic rings. The Morgan fingerprint density at radius 2 is 2.16 bits per heavy atom. The molecule has 1 aromatic heterocycles. The summed E-state index contributed by atoms with van der Waals surface area (Å²) in [6.07, 6.45) is 1.56. The summed E-state index contributed by atoms with van der Waals surface area (Å²) in [5.41, 5.74) is 1.05. The Bertz CT molecular complexity index is 551. The molecule has 0 atom stereocenters. The molecule has 2 rings (SSSR count). The fraction of sp³-hybridized carbons (Fsp3) is 0.429. The number of hydrogen-bond acceptors (Lipinski definition) is 3. The van der Waals surface area contributed by atoms with Gasteiger partial charge >= 0.3 is 0 Å². The SMILES string of the molecule is Cc1ccc(Cl)cc1OCc1ncnn1CC(C)C. The summed E-state index contributed by atoms with van der Waals surface area (Å²) in [5, 5.41) is 4.88. The molecule has 4 nitrogen and oxygen atoms in total. The lowest BCUT2D eigenvalue weighted by Gasteiger charge is -2.11. The average Bonchev–Trinajstić information content (AvgIpc) is 2.77. The molecule has 0 aliphatic rings. The van der Waals surface area contributed by atoms with Crippen LogP contribution in [0.1, 0.15) is 25.2 Å². The highest BCUT2D eigenvalue weighted by Crippen LogP contribution is 2.23. The molecular weight excluding hydrogens is 262 g/mol. The number of ether oxygens (including phenoxy) is 1. The molecule has 0 fully saturated rings. The molecule has 1 aromatic carbocycles. The van der Waals surface area contributed by atoms with Gasteiger partial charge in [0, 0.05) is 11.6 Å². The summed E-state index contributed by atoms with van der Waals surface area (Å²) in [4.78, 5) is 4.23. The quantitative estimate of drug-likeness (QED) is 0.841. The minimum absolute atomic E-state index is 0.397. The van der Waals surface area contributed by atoms with E-state index in [9.17, 15) is 0 Å². The van der Waals surface area contributed by atoms with Crippen LogP contribution in [0.5, 0.6) is 5.75 Å². The van der Waals surface area contributed by atoms with E-state index in [1.54, 1.807) is 6.33 Å². The number of aromatic nitrogens is 3. The van der Waals surface area contributed by atoms with Crippen molar-refractivity contribution >= 4 is 11.6 Å². The summed E-state index contributed by atoms with van der Waals surface area (Å²) in [7, 11) is 0. The van der Waals surface area contributed by atoms with Crippen molar-refractivity contribution < 1.29 is 4.74 Å². The number of benzene rings is 1. The first kappa shape index (κ1) is 13.9. The number of hydrogen-bond donors (Lipinski definition) is 0. The summed E-state index contributed by atoms with van der Waals surface area (Å²) in [6.45, 7) is 7.52. The zero-order chi connectivity index (χ0) is 13.8. The summed E-state index contributed by atoms with van der Waals surface area (Å²) in [6, 6.07) is 5.61. The zero-order valence-electron chi connectivity index (χ0n) is 11.4. The van der Waals surface area contributed by atoms with Gasteiger partial charge in [-0.15, -0.1) is 0 Å². The fourth-order valence-electron chi connectivity index (χ4n) is 1.77. The highest BCUT2D eigenvalue weighted by atomic mass is 35.5. The lowest BCUT2D eigenvalue weighted by Crippen LogP contribution is -2.12. The van der Waals surface area contributed by atoms with E-state index in [0.29, 0.717) is 17.5 Å². The van der Waals surface area contributed by atoms with Gasteiger partial charge < -0.3 is 4.74 Å². The molecule has 0 unspecified atom stereocenters. The van der Waals surface area contributed by atoms with Crippen molar-refractivity contribution in [3.63, 3.8) is 0 Å². The first-order valence-electron chi connectivity index (χ1n) is 6.32. The maximum atomic E-state index is 5.96. The molecule has 0 saturated heterocycles.